The van der Waals surface area contributed by atoms with E-state index >= 15 is 0 Å². The van der Waals surface area contributed by atoms with Crippen LogP contribution in [0.4, 0.5) is 0 Å². The van der Waals surface area contributed by atoms with Crippen molar-refractivity contribution < 1.29 is 0 Å². The van der Waals surface area contributed by atoms with Crippen molar-refractivity contribution in [3.05, 3.63) is 60.2 Å². The molecule has 1 saturated carbocycles. The molecule has 2 aromatic rings. The topological polar surface area (TPSA) is 0 Å². The zero-order chi connectivity index (χ0) is 17.9. The predicted molar refractivity (Wildman–Crippen MR) is 110 cm³/mol. The number of hydrogen-bond acceptors (Lipinski definition) is 0. The molecule has 0 aromatic heterocycles. The smallest absolute Gasteiger partial charge is 0.0131 e. The Bertz CT molecular complexity index is 638. The molecule has 3 rings (SSSR count). The molecule has 0 nitrogen and oxygen atoms in total. The summed E-state index contributed by atoms with van der Waals surface area (Å²) in [4.78, 5) is 0. The molecule has 25 heavy (non-hydrogen) atoms. The number of hydrogen-bond donors (Lipinski definition) is 0. The van der Waals surface area contributed by atoms with Gasteiger partial charge in [-0.25, -0.2) is 0 Å². The molecular formula is C25H34. The van der Waals surface area contributed by atoms with Gasteiger partial charge in [-0.1, -0.05) is 82.3 Å². The van der Waals surface area contributed by atoms with Crippen molar-refractivity contribution in [1.82, 2.24) is 0 Å². The fourth-order valence-electron chi connectivity index (χ4n) is 4.49. The molecule has 0 amide bonds. The molecule has 0 spiro atoms. The third kappa shape index (κ3) is 4.75. The van der Waals surface area contributed by atoms with Gasteiger partial charge in [0.25, 0.3) is 0 Å². The molecule has 0 heterocycles. The largest absolute Gasteiger partial charge is 0.0628 e. The first kappa shape index (κ1) is 18.2. The van der Waals surface area contributed by atoms with Crippen LogP contribution in [0.3, 0.4) is 0 Å². The minimum atomic E-state index is 0.552. The third-order valence-electron chi connectivity index (χ3n) is 6.12. The molecule has 0 unspecified atom stereocenters. The first-order valence-corrected chi connectivity index (χ1v) is 10.1. The average Bonchev–Trinajstić information content (AvgIpc) is 2.61. The molecule has 0 radical (unpaired) electrons. The molecule has 1 fully saturated rings. The van der Waals surface area contributed by atoms with Crippen molar-refractivity contribution in [2.75, 3.05) is 0 Å². The van der Waals surface area contributed by atoms with Gasteiger partial charge in [-0.2, -0.15) is 0 Å². The Balaban J connectivity index is 1.79. The van der Waals surface area contributed by atoms with E-state index in [9.17, 15) is 0 Å². The van der Waals surface area contributed by atoms with E-state index in [-0.39, 0.29) is 0 Å². The summed E-state index contributed by atoms with van der Waals surface area (Å²) in [6.45, 7) is 9.63. The zero-order valence-electron chi connectivity index (χ0n) is 16.5. The molecule has 1 aliphatic rings. The van der Waals surface area contributed by atoms with Gasteiger partial charge in [0.05, 0.1) is 0 Å². The molecule has 1 atom stereocenters. The van der Waals surface area contributed by atoms with E-state index in [0.717, 1.165) is 17.8 Å². The average molecular weight is 335 g/mol. The highest BCUT2D eigenvalue weighted by atomic mass is 14.4. The van der Waals surface area contributed by atoms with Crippen molar-refractivity contribution >= 4 is 0 Å². The summed E-state index contributed by atoms with van der Waals surface area (Å²) < 4.78 is 0. The van der Waals surface area contributed by atoms with Gasteiger partial charge in [-0.3, -0.25) is 0 Å². The lowest BCUT2D eigenvalue weighted by Crippen LogP contribution is -2.26. The molecule has 0 aliphatic heterocycles. The van der Waals surface area contributed by atoms with Gasteiger partial charge >= 0.3 is 0 Å². The Kier molecular flexibility index (Phi) is 5.67. The van der Waals surface area contributed by atoms with Gasteiger partial charge in [0.1, 0.15) is 0 Å². The van der Waals surface area contributed by atoms with Crippen LogP contribution in [-0.2, 0) is 0 Å². The molecule has 0 heteroatoms. The van der Waals surface area contributed by atoms with Crippen LogP contribution in [0.2, 0.25) is 0 Å². The van der Waals surface area contributed by atoms with Crippen LogP contribution in [0.15, 0.2) is 54.6 Å². The summed E-state index contributed by atoms with van der Waals surface area (Å²) in [6, 6.07) is 20.2. The van der Waals surface area contributed by atoms with Gasteiger partial charge in [0, 0.05) is 0 Å². The maximum atomic E-state index is 2.44. The van der Waals surface area contributed by atoms with Crippen LogP contribution >= 0.6 is 0 Å². The van der Waals surface area contributed by atoms with E-state index < -0.39 is 0 Å². The van der Waals surface area contributed by atoms with Crippen molar-refractivity contribution in [1.29, 1.82) is 0 Å². The number of rotatable bonds is 5. The lowest BCUT2D eigenvalue weighted by Gasteiger charge is -2.39. The van der Waals surface area contributed by atoms with E-state index in [0.29, 0.717) is 5.41 Å². The normalized spacial score (nSPS) is 19.1. The van der Waals surface area contributed by atoms with Crippen molar-refractivity contribution in [3.63, 3.8) is 0 Å². The Hall–Kier alpha value is -1.56. The molecular weight excluding hydrogens is 300 g/mol. The zero-order valence-corrected chi connectivity index (χ0v) is 16.5. The van der Waals surface area contributed by atoms with Crippen molar-refractivity contribution in [3.8, 4) is 11.1 Å². The highest BCUT2D eigenvalue weighted by molar-refractivity contribution is 5.63. The van der Waals surface area contributed by atoms with Crippen molar-refractivity contribution in [2.45, 2.75) is 65.7 Å². The van der Waals surface area contributed by atoms with E-state index in [1.165, 1.54) is 43.2 Å². The SMILES string of the molecule is CC(C)C[C@@H](c1ccc(-c2ccccc2)cc1)C1CCC(C)(C)CC1. The molecule has 0 bridgehead atoms. The second kappa shape index (κ2) is 7.77. The van der Waals surface area contributed by atoms with Gasteiger partial charge in [0.2, 0.25) is 0 Å². The molecule has 134 valence electrons. The van der Waals surface area contributed by atoms with E-state index in [1.807, 2.05) is 0 Å². The molecule has 1 aliphatic carbocycles. The molecule has 0 N–H and O–H groups in total. The third-order valence-corrected chi connectivity index (χ3v) is 6.12. The first-order chi connectivity index (χ1) is 11.9. The minimum Gasteiger partial charge on any atom is -0.0628 e. The fourth-order valence-corrected chi connectivity index (χ4v) is 4.49. The Labute approximate surface area is 154 Å². The predicted octanol–water partition coefficient (Wildman–Crippen LogP) is 7.70. The van der Waals surface area contributed by atoms with Gasteiger partial charge in [0.15, 0.2) is 0 Å². The van der Waals surface area contributed by atoms with Crippen molar-refractivity contribution in [2.24, 2.45) is 17.3 Å². The highest BCUT2D eigenvalue weighted by Gasteiger charge is 2.32. The summed E-state index contributed by atoms with van der Waals surface area (Å²) in [6.07, 6.45) is 6.87. The van der Waals surface area contributed by atoms with Gasteiger partial charge in [-0.15, -0.1) is 0 Å². The van der Waals surface area contributed by atoms with Crippen LogP contribution < -0.4 is 0 Å². The van der Waals surface area contributed by atoms with Crippen LogP contribution in [0.1, 0.15) is 71.3 Å². The maximum Gasteiger partial charge on any atom is -0.0131 e. The Morgan fingerprint density at radius 3 is 1.96 bits per heavy atom. The van der Waals surface area contributed by atoms with E-state index in [4.69, 9.17) is 0 Å². The standard InChI is InChI=1S/C25H34/c1-19(2)18-24(23-14-16-25(3,4)17-15-23)22-12-10-21(11-13-22)20-8-6-5-7-9-20/h5-13,19,23-24H,14-18H2,1-4H3/t24-/m0/s1. The summed E-state index contributed by atoms with van der Waals surface area (Å²) in [5.74, 6) is 2.34. The van der Waals surface area contributed by atoms with Crippen LogP contribution in [0, 0.1) is 17.3 Å². The van der Waals surface area contributed by atoms with E-state index in [1.54, 1.807) is 5.56 Å². The van der Waals surface area contributed by atoms with Crippen LogP contribution in [-0.4, -0.2) is 0 Å². The van der Waals surface area contributed by atoms with E-state index in [2.05, 4.69) is 82.3 Å². The molecule has 2 aromatic carbocycles. The van der Waals surface area contributed by atoms with Gasteiger partial charge in [-0.05, 0) is 72.0 Å². The van der Waals surface area contributed by atoms with Crippen LogP contribution in [0.25, 0.3) is 11.1 Å². The molecule has 0 saturated heterocycles. The maximum absolute atomic E-state index is 2.44. The Morgan fingerprint density at radius 1 is 0.840 bits per heavy atom. The van der Waals surface area contributed by atoms with Crippen LogP contribution in [0.5, 0.6) is 0 Å². The minimum absolute atomic E-state index is 0.552. The Morgan fingerprint density at radius 2 is 1.40 bits per heavy atom. The summed E-state index contributed by atoms with van der Waals surface area (Å²) >= 11 is 0. The summed E-state index contributed by atoms with van der Waals surface area (Å²) in [5, 5.41) is 0. The quantitative estimate of drug-likeness (QED) is 0.525. The fraction of sp³-hybridized carbons (Fsp3) is 0.520. The first-order valence-electron chi connectivity index (χ1n) is 10.1. The lowest BCUT2D eigenvalue weighted by molar-refractivity contribution is 0.164. The van der Waals surface area contributed by atoms with Gasteiger partial charge < -0.3 is 0 Å². The highest BCUT2D eigenvalue weighted by Crippen LogP contribution is 2.45. The second-order valence-electron chi connectivity index (χ2n) is 9.23. The monoisotopic (exact) mass is 334 g/mol. The lowest BCUT2D eigenvalue weighted by atomic mass is 9.67. The second-order valence-corrected chi connectivity index (χ2v) is 9.23. The number of benzene rings is 2. The summed E-state index contributed by atoms with van der Waals surface area (Å²) in [7, 11) is 0. The summed E-state index contributed by atoms with van der Waals surface area (Å²) in [5.41, 5.74) is 4.75.